The average Bonchev–Trinajstić information content (AvgIpc) is 3.08. The number of alkyl halides is 3. The van der Waals surface area contributed by atoms with Crippen molar-refractivity contribution in [1.82, 2.24) is 19.9 Å². The van der Waals surface area contributed by atoms with Crippen molar-refractivity contribution in [2.45, 2.75) is 38.5 Å². The Hall–Kier alpha value is -3.10. The maximum absolute atomic E-state index is 12.8. The first-order valence-electron chi connectivity index (χ1n) is 8.89. The molecule has 4 rings (SSSR count). The van der Waals surface area contributed by atoms with Gasteiger partial charge in [-0.1, -0.05) is 0 Å². The van der Waals surface area contributed by atoms with E-state index in [4.69, 9.17) is 0 Å². The molecule has 28 heavy (non-hydrogen) atoms. The molecule has 0 atom stereocenters. The summed E-state index contributed by atoms with van der Waals surface area (Å²) in [5.41, 5.74) is -0.910. The molecule has 0 radical (unpaired) electrons. The predicted octanol–water partition coefficient (Wildman–Crippen LogP) is 3.01. The van der Waals surface area contributed by atoms with Crippen molar-refractivity contribution in [2.75, 3.05) is 0 Å². The maximum atomic E-state index is 12.8. The first kappa shape index (κ1) is 18.3. The highest BCUT2D eigenvalue weighted by Crippen LogP contribution is 2.30. The number of hydrogen-bond acceptors (Lipinski definition) is 3. The van der Waals surface area contributed by atoms with Crippen LogP contribution in [-0.4, -0.2) is 20.4 Å². The molecule has 2 aromatic heterocycles. The van der Waals surface area contributed by atoms with Crippen LogP contribution in [0.1, 0.15) is 40.3 Å². The summed E-state index contributed by atoms with van der Waals surface area (Å²) in [6.07, 6.45) is 1.60. The van der Waals surface area contributed by atoms with Crippen molar-refractivity contribution in [3.8, 4) is 0 Å². The summed E-state index contributed by atoms with van der Waals surface area (Å²) in [7, 11) is 0. The SMILES string of the molecule is O=C(NCc1cn2c(n1)CCCC2)c1c[nH]c2cc(C(F)(F)F)ccc2c1=O. The zero-order valence-corrected chi connectivity index (χ0v) is 14.8. The molecule has 0 spiro atoms. The fourth-order valence-corrected chi connectivity index (χ4v) is 3.39. The van der Waals surface area contributed by atoms with Gasteiger partial charge in [0.1, 0.15) is 11.4 Å². The molecule has 0 unspecified atom stereocenters. The van der Waals surface area contributed by atoms with Crippen LogP contribution in [0.3, 0.4) is 0 Å². The zero-order valence-electron chi connectivity index (χ0n) is 14.8. The number of hydrogen-bond donors (Lipinski definition) is 2. The first-order chi connectivity index (χ1) is 13.3. The van der Waals surface area contributed by atoms with Crippen LogP contribution >= 0.6 is 0 Å². The molecule has 6 nitrogen and oxygen atoms in total. The average molecular weight is 390 g/mol. The largest absolute Gasteiger partial charge is 0.416 e. The van der Waals surface area contributed by atoms with Gasteiger partial charge in [0.05, 0.1) is 17.8 Å². The van der Waals surface area contributed by atoms with E-state index in [0.29, 0.717) is 5.69 Å². The van der Waals surface area contributed by atoms with Crippen LogP contribution in [-0.2, 0) is 25.7 Å². The number of benzene rings is 1. The Morgan fingerprint density at radius 1 is 1.29 bits per heavy atom. The molecule has 0 bridgehead atoms. The number of fused-ring (bicyclic) bond motifs is 2. The highest BCUT2D eigenvalue weighted by atomic mass is 19.4. The summed E-state index contributed by atoms with van der Waals surface area (Å²) in [4.78, 5) is 32.0. The van der Waals surface area contributed by atoms with Gasteiger partial charge in [-0.2, -0.15) is 13.2 Å². The molecule has 1 aliphatic rings. The number of amides is 1. The van der Waals surface area contributed by atoms with Crippen molar-refractivity contribution in [3.05, 3.63) is 63.5 Å². The highest BCUT2D eigenvalue weighted by Gasteiger charge is 2.30. The number of rotatable bonds is 3. The number of imidazole rings is 1. The lowest BCUT2D eigenvalue weighted by Crippen LogP contribution is -2.28. The summed E-state index contributed by atoms with van der Waals surface area (Å²) >= 11 is 0. The first-order valence-corrected chi connectivity index (χ1v) is 8.89. The molecule has 146 valence electrons. The molecule has 3 aromatic rings. The predicted molar refractivity (Wildman–Crippen MR) is 95.9 cm³/mol. The Morgan fingerprint density at radius 2 is 2.11 bits per heavy atom. The molecule has 0 saturated carbocycles. The van der Waals surface area contributed by atoms with E-state index in [1.807, 2.05) is 6.20 Å². The molecule has 1 aliphatic heterocycles. The number of aromatic nitrogens is 3. The molecule has 0 fully saturated rings. The molecule has 0 aliphatic carbocycles. The van der Waals surface area contributed by atoms with Crippen molar-refractivity contribution in [3.63, 3.8) is 0 Å². The minimum atomic E-state index is -4.51. The summed E-state index contributed by atoms with van der Waals surface area (Å²) in [6, 6.07) is 2.76. The number of aromatic amines is 1. The smallest absolute Gasteiger partial charge is 0.360 e. The van der Waals surface area contributed by atoms with E-state index < -0.39 is 23.1 Å². The number of nitrogens with zero attached hydrogens (tertiary/aromatic N) is 2. The Bertz CT molecular complexity index is 1090. The summed E-state index contributed by atoms with van der Waals surface area (Å²) in [6.45, 7) is 1.07. The Balaban J connectivity index is 1.54. The molecule has 9 heteroatoms. The highest BCUT2D eigenvalue weighted by molar-refractivity contribution is 5.97. The Kier molecular flexibility index (Phi) is 4.44. The Morgan fingerprint density at radius 3 is 2.86 bits per heavy atom. The third-order valence-electron chi connectivity index (χ3n) is 4.84. The van der Waals surface area contributed by atoms with Crippen LogP contribution in [0.4, 0.5) is 13.2 Å². The molecule has 0 saturated heterocycles. The minimum Gasteiger partial charge on any atom is -0.360 e. The number of nitrogens with one attached hydrogen (secondary N) is 2. The number of halogens is 3. The van der Waals surface area contributed by atoms with Crippen LogP contribution in [0.5, 0.6) is 0 Å². The van der Waals surface area contributed by atoms with Gasteiger partial charge >= 0.3 is 6.18 Å². The van der Waals surface area contributed by atoms with E-state index in [1.165, 1.54) is 0 Å². The third kappa shape index (κ3) is 3.39. The second-order valence-electron chi connectivity index (χ2n) is 6.77. The van der Waals surface area contributed by atoms with Crippen molar-refractivity contribution >= 4 is 16.8 Å². The fraction of sp³-hybridized carbons (Fsp3) is 0.316. The van der Waals surface area contributed by atoms with E-state index in [9.17, 15) is 22.8 Å². The lowest BCUT2D eigenvalue weighted by atomic mass is 10.1. The van der Waals surface area contributed by atoms with E-state index in [1.54, 1.807) is 0 Å². The van der Waals surface area contributed by atoms with Gasteiger partial charge in [-0.05, 0) is 31.0 Å². The molecule has 3 heterocycles. The molecule has 1 amide bonds. The van der Waals surface area contributed by atoms with Gasteiger partial charge in [-0.3, -0.25) is 9.59 Å². The third-order valence-corrected chi connectivity index (χ3v) is 4.84. The second kappa shape index (κ2) is 6.81. The van der Waals surface area contributed by atoms with Gasteiger partial charge in [0.2, 0.25) is 5.43 Å². The standard InChI is InChI=1S/C19H17F3N4O2/c20-19(21,22)11-4-5-13-15(7-11)23-9-14(17(13)27)18(28)24-8-12-10-26-6-2-1-3-16(26)25-12/h4-5,7,9-10H,1-3,6,8H2,(H,23,27)(H,24,28). The fourth-order valence-electron chi connectivity index (χ4n) is 3.39. The second-order valence-corrected chi connectivity index (χ2v) is 6.77. The summed E-state index contributed by atoms with van der Waals surface area (Å²) in [5, 5.41) is 2.68. The normalized spacial score (nSPS) is 14.1. The monoisotopic (exact) mass is 390 g/mol. The number of H-pyrrole nitrogens is 1. The van der Waals surface area contributed by atoms with Crippen molar-refractivity contribution < 1.29 is 18.0 Å². The minimum absolute atomic E-state index is 0.0260. The number of pyridine rings is 1. The molecular formula is C19H17F3N4O2. The van der Waals surface area contributed by atoms with Crippen LogP contribution < -0.4 is 10.7 Å². The lowest BCUT2D eigenvalue weighted by Gasteiger charge is -2.11. The molecular weight excluding hydrogens is 373 g/mol. The van der Waals surface area contributed by atoms with Crippen molar-refractivity contribution in [1.29, 1.82) is 0 Å². The van der Waals surface area contributed by atoms with E-state index in [0.717, 1.165) is 56.0 Å². The summed E-state index contributed by atoms with van der Waals surface area (Å²) < 4.78 is 40.5. The van der Waals surface area contributed by atoms with Gasteiger partial charge in [-0.25, -0.2) is 4.98 Å². The van der Waals surface area contributed by atoms with Crippen LogP contribution in [0, 0.1) is 0 Å². The van der Waals surface area contributed by atoms with Gasteiger partial charge in [0, 0.05) is 36.3 Å². The summed E-state index contributed by atoms with van der Waals surface area (Å²) in [5.74, 6) is 0.383. The topological polar surface area (TPSA) is 79.8 Å². The number of carbonyl (C=O) groups excluding carboxylic acids is 1. The maximum Gasteiger partial charge on any atom is 0.416 e. The van der Waals surface area contributed by atoms with Gasteiger partial charge in [0.15, 0.2) is 0 Å². The van der Waals surface area contributed by atoms with E-state index >= 15 is 0 Å². The van der Waals surface area contributed by atoms with Crippen molar-refractivity contribution in [2.24, 2.45) is 0 Å². The van der Waals surface area contributed by atoms with Crippen LogP contribution in [0.15, 0.2) is 35.4 Å². The van der Waals surface area contributed by atoms with Gasteiger partial charge < -0.3 is 14.9 Å². The van der Waals surface area contributed by atoms with Crippen LogP contribution in [0.25, 0.3) is 10.9 Å². The van der Waals surface area contributed by atoms with E-state index in [2.05, 4.69) is 19.9 Å². The molecule has 1 aromatic carbocycles. The zero-order chi connectivity index (χ0) is 19.9. The van der Waals surface area contributed by atoms with Gasteiger partial charge in [-0.15, -0.1) is 0 Å². The quantitative estimate of drug-likeness (QED) is 0.722. The molecule has 2 N–H and O–H groups in total. The van der Waals surface area contributed by atoms with Crippen LogP contribution in [0.2, 0.25) is 0 Å². The Labute approximate surface area is 157 Å². The van der Waals surface area contributed by atoms with E-state index in [-0.39, 0.29) is 23.0 Å². The van der Waals surface area contributed by atoms with Gasteiger partial charge in [0.25, 0.3) is 5.91 Å². The number of carbonyl (C=O) groups is 1. The lowest BCUT2D eigenvalue weighted by molar-refractivity contribution is -0.137. The number of aryl methyl sites for hydroxylation is 2.